The largest absolute Gasteiger partial charge is 0.463 e. The van der Waals surface area contributed by atoms with E-state index in [0.29, 0.717) is 6.42 Å². The second-order valence-electron chi connectivity index (χ2n) is 7.21. The average molecular weight is 371 g/mol. The van der Waals surface area contributed by atoms with Gasteiger partial charge in [-0.15, -0.1) is 0 Å². The second-order valence-corrected chi connectivity index (χ2v) is 7.21. The van der Waals surface area contributed by atoms with E-state index in [1.54, 1.807) is 0 Å². The Bertz CT molecular complexity index is 328. The fourth-order valence-corrected chi connectivity index (χ4v) is 2.83. The summed E-state index contributed by atoms with van der Waals surface area (Å²) >= 11 is 0. The summed E-state index contributed by atoms with van der Waals surface area (Å²) < 4.78 is 4.86. The summed E-state index contributed by atoms with van der Waals surface area (Å²) in [7, 11) is 0. The van der Waals surface area contributed by atoms with Crippen LogP contribution in [0.3, 0.4) is 0 Å². The lowest BCUT2D eigenvalue weighted by atomic mass is 10.1. The van der Waals surface area contributed by atoms with Gasteiger partial charge in [0.2, 0.25) is 0 Å². The number of carbonyl (C=O) groups excluding carboxylic acids is 1. The molecule has 0 aromatic heterocycles. The summed E-state index contributed by atoms with van der Waals surface area (Å²) in [5, 5.41) is 17.7. The molecule has 0 aromatic rings. The molecular weight excluding hydrogens is 328 g/mol. The zero-order chi connectivity index (χ0) is 19.3. The molecule has 0 aromatic carbocycles. The van der Waals surface area contributed by atoms with Crippen molar-refractivity contribution in [3.63, 3.8) is 0 Å². The Hall–Kier alpha value is -0.870. The zero-order valence-electron chi connectivity index (χ0n) is 17.0. The molecule has 0 amide bonds. The number of rotatable bonds is 19. The normalized spacial score (nSPS) is 12.6. The highest BCUT2D eigenvalue weighted by Crippen LogP contribution is 2.11. The Kier molecular flexibility index (Phi) is 19.8. The van der Waals surface area contributed by atoms with Gasteiger partial charge < -0.3 is 14.9 Å². The molecule has 0 aliphatic heterocycles. The van der Waals surface area contributed by atoms with E-state index in [0.717, 1.165) is 19.3 Å². The summed E-state index contributed by atoms with van der Waals surface area (Å²) in [6.07, 6.45) is 21.5. The summed E-state index contributed by atoms with van der Waals surface area (Å²) in [6, 6.07) is 0. The van der Waals surface area contributed by atoms with Crippen LogP contribution >= 0.6 is 0 Å². The van der Waals surface area contributed by atoms with Crippen LogP contribution in [0.1, 0.15) is 103 Å². The van der Waals surface area contributed by atoms with E-state index < -0.39 is 6.10 Å². The maximum Gasteiger partial charge on any atom is 0.305 e. The summed E-state index contributed by atoms with van der Waals surface area (Å²) in [5.74, 6) is -0.284. The van der Waals surface area contributed by atoms with Crippen molar-refractivity contribution in [1.82, 2.24) is 0 Å². The van der Waals surface area contributed by atoms with E-state index in [4.69, 9.17) is 14.9 Å². The molecule has 0 aliphatic rings. The Morgan fingerprint density at radius 1 is 0.846 bits per heavy atom. The maximum atomic E-state index is 11.4. The quantitative estimate of drug-likeness (QED) is 0.184. The van der Waals surface area contributed by atoms with Crippen LogP contribution in [-0.4, -0.2) is 35.5 Å². The van der Waals surface area contributed by atoms with Crippen LogP contribution in [0.2, 0.25) is 0 Å². The summed E-state index contributed by atoms with van der Waals surface area (Å²) in [6.45, 7) is 1.77. The average Bonchev–Trinajstić information content (AvgIpc) is 2.65. The fraction of sp³-hybridized carbons (Fsp3) is 0.864. The zero-order valence-corrected chi connectivity index (χ0v) is 17.0. The number of carbonyl (C=O) groups is 1. The molecule has 0 rings (SSSR count). The first-order valence-electron chi connectivity index (χ1n) is 10.8. The molecule has 0 fully saturated rings. The first-order chi connectivity index (χ1) is 12.7. The van der Waals surface area contributed by atoms with E-state index in [9.17, 15) is 4.79 Å². The van der Waals surface area contributed by atoms with Crippen molar-refractivity contribution in [2.24, 2.45) is 0 Å². The van der Waals surface area contributed by atoms with Gasteiger partial charge in [-0.3, -0.25) is 4.79 Å². The fourth-order valence-electron chi connectivity index (χ4n) is 2.83. The van der Waals surface area contributed by atoms with E-state index in [2.05, 4.69) is 19.1 Å². The summed E-state index contributed by atoms with van der Waals surface area (Å²) in [5.41, 5.74) is 0. The Morgan fingerprint density at radius 3 is 1.88 bits per heavy atom. The molecule has 154 valence electrons. The lowest BCUT2D eigenvalue weighted by molar-refractivity contribution is -0.147. The van der Waals surface area contributed by atoms with Crippen molar-refractivity contribution in [3.8, 4) is 0 Å². The van der Waals surface area contributed by atoms with Gasteiger partial charge in [-0.25, -0.2) is 0 Å². The maximum absolute atomic E-state index is 11.4. The lowest BCUT2D eigenvalue weighted by Gasteiger charge is -2.08. The molecule has 0 saturated heterocycles. The third-order valence-corrected chi connectivity index (χ3v) is 4.54. The number of aliphatic hydroxyl groups excluding tert-OH is 2. The minimum atomic E-state index is -0.959. The van der Waals surface area contributed by atoms with E-state index in [1.165, 1.54) is 70.6 Å². The number of hydrogen-bond donors (Lipinski definition) is 2. The SMILES string of the molecule is CCCCCCCC/C=C\CCCCCCCCC(=O)OCC(O)CO. The van der Waals surface area contributed by atoms with Crippen LogP contribution in [0.5, 0.6) is 0 Å². The highest BCUT2D eigenvalue weighted by atomic mass is 16.5. The minimum absolute atomic E-state index is 0.109. The molecule has 0 spiro atoms. The van der Waals surface area contributed by atoms with Gasteiger partial charge in [-0.2, -0.15) is 0 Å². The molecule has 2 N–H and O–H groups in total. The van der Waals surface area contributed by atoms with Crippen molar-refractivity contribution in [2.45, 2.75) is 109 Å². The topological polar surface area (TPSA) is 66.8 Å². The number of aliphatic hydroxyl groups is 2. The smallest absolute Gasteiger partial charge is 0.305 e. The third kappa shape index (κ3) is 19.5. The van der Waals surface area contributed by atoms with E-state index in [1.807, 2.05) is 0 Å². The van der Waals surface area contributed by atoms with Crippen molar-refractivity contribution in [1.29, 1.82) is 0 Å². The molecule has 1 unspecified atom stereocenters. The van der Waals surface area contributed by atoms with Crippen LogP contribution in [0.15, 0.2) is 12.2 Å². The predicted molar refractivity (Wildman–Crippen MR) is 108 cm³/mol. The van der Waals surface area contributed by atoms with Gasteiger partial charge in [0.25, 0.3) is 0 Å². The minimum Gasteiger partial charge on any atom is -0.463 e. The van der Waals surface area contributed by atoms with Gasteiger partial charge >= 0.3 is 5.97 Å². The van der Waals surface area contributed by atoms with Crippen molar-refractivity contribution in [3.05, 3.63) is 12.2 Å². The van der Waals surface area contributed by atoms with E-state index in [-0.39, 0.29) is 19.2 Å². The highest BCUT2D eigenvalue weighted by Gasteiger charge is 2.07. The van der Waals surface area contributed by atoms with Crippen molar-refractivity contribution in [2.75, 3.05) is 13.2 Å². The molecule has 4 nitrogen and oxygen atoms in total. The van der Waals surface area contributed by atoms with Gasteiger partial charge in [-0.1, -0.05) is 76.9 Å². The van der Waals surface area contributed by atoms with Gasteiger partial charge in [-0.05, 0) is 32.1 Å². The number of esters is 1. The molecule has 0 aliphatic carbocycles. The first kappa shape index (κ1) is 25.1. The molecular formula is C22H42O4. The number of ether oxygens (including phenoxy) is 1. The van der Waals surface area contributed by atoms with Crippen molar-refractivity contribution < 1.29 is 19.7 Å². The van der Waals surface area contributed by atoms with Crippen LogP contribution in [0, 0.1) is 0 Å². The van der Waals surface area contributed by atoms with Crippen molar-refractivity contribution >= 4 is 5.97 Å². The molecule has 0 bridgehead atoms. The van der Waals surface area contributed by atoms with Crippen LogP contribution in [0.25, 0.3) is 0 Å². The lowest BCUT2D eigenvalue weighted by Crippen LogP contribution is -2.21. The first-order valence-corrected chi connectivity index (χ1v) is 10.8. The van der Waals surface area contributed by atoms with Crippen LogP contribution in [-0.2, 0) is 9.53 Å². The predicted octanol–water partition coefficient (Wildman–Crippen LogP) is 5.31. The molecule has 26 heavy (non-hydrogen) atoms. The van der Waals surface area contributed by atoms with E-state index >= 15 is 0 Å². The molecule has 0 saturated carbocycles. The standard InChI is InChI=1S/C22H42O4/c1-2-3-4-5-6-7-8-9-10-11-12-13-14-15-16-17-18-22(25)26-20-21(24)19-23/h9-10,21,23-24H,2-8,11-20H2,1H3/b10-9-. The molecule has 0 heterocycles. The number of allylic oxidation sites excluding steroid dienone is 2. The van der Waals surface area contributed by atoms with Gasteiger partial charge in [0, 0.05) is 6.42 Å². The number of hydrogen-bond acceptors (Lipinski definition) is 4. The second kappa shape index (κ2) is 20.4. The number of unbranched alkanes of at least 4 members (excludes halogenated alkanes) is 12. The Morgan fingerprint density at radius 2 is 1.35 bits per heavy atom. The summed E-state index contributed by atoms with van der Waals surface area (Å²) in [4.78, 5) is 11.4. The molecule has 4 heteroatoms. The Balaban J connectivity index is 3.21. The van der Waals surface area contributed by atoms with Gasteiger partial charge in [0.1, 0.15) is 12.7 Å². The molecule has 0 radical (unpaired) electrons. The third-order valence-electron chi connectivity index (χ3n) is 4.54. The molecule has 1 atom stereocenters. The van der Waals surface area contributed by atoms with Gasteiger partial charge in [0.15, 0.2) is 0 Å². The highest BCUT2D eigenvalue weighted by molar-refractivity contribution is 5.69. The van der Waals surface area contributed by atoms with Crippen LogP contribution in [0.4, 0.5) is 0 Å². The van der Waals surface area contributed by atoms with Gasteiger partial charge in [0.05, 0.1) is 6.61 Å². The Labute approximate surface area is 161 Å². The monoisotopic (exact) mass is 370 g/mol. The van der Waals surface area contributed by atoms with Crippen LogP contribution < -0.4 is 0 Å².